The SMILES string of the molecule is CCOCCNCC(C(=O)OC)c1ccccc1. The molecule has 0 heterocycles. The van der Waals surface area contributed by atoms with Crippen molar-refractivity contribution in [1.82, 2.24) is 5.32 Å². The van der Waals surface area contributed by atoms with Crippen molar-refractivity contribution >= 4 is 5.97 Å². The zero-order valence-electron chi connectivity index (χ0n) is 11.0. The van der Waals surface area contributed by atoms with E-state index in [1.807, 2.05) is 37.3 Å². The van der Waals surface area contributed by atoms with E-state index in [4.69, 9.17) is 9.47 Å². The van der Waals surface area contributed by atoms with Crippen molar-refractivity contribution in [2.24, 2.45) is 0 Å². The fourth-order valence-corrected chi connectivity index (χ4v) is 1.70. The third-order valence-electron chi connectivity index (χ3n) is 2.66. The second kappa shape index (κ2) is 8.66. The Kier molecular flexibility index (Phi) is 7.06. The number of rotatable bonds is 8. The maximum Gasteiger partial charge on any atom is 0.314 e. The van der Waals surface area contributed by atoms with Crippen molar-refractivity contribution in [3.05, 3.63) is 35.9 Å². The highest BCUT2D eigenvalue weighted by molar-refractivity contribution is 5.78. The molecule has 0 fully saturated rings. The molecule has 1 aromatic rings. The van der Waals surface area contributed by atoms with Gasteiger partial charge in [-0.1, -0.05) is 30.3 Å². The molecule has 0 spiro atoms. The minimum absolute atomic E-state index is 0.217. The second-order valence-electron chi connectivity index (χ2n) is 3.89. The molecule has 0 aliphatic carbocycles. The Morgan fingerprint density at radius 3 is 2.67 bits per heavy atom. The second-order valence-corrected chi connectivity index (χ2v) is 3.89. The lowest BCUT2D eigenvalue weighted by atomic mass is 9.99. The first-order valence-electron chi connectivity index (χ1n) is 6.20. The van der Waals surface area contributed by atoms with Gasteiger partial charge >= 0.3 is 5.97 Å². The largest absolute Gasteiger partial charge is 0.469 e. The molecule has 0 bridgehead atoms. The number of ether oxygens (including phenoxy) is 2. The van der Waals surface area contributed by atoms with Gasteiger partial charge in [-0.25, -0.2) is 0 Å². The molecule has 1 atom stereocenters. The van der Waals surface area contributed by atoms with Crippen LogP contribution in [0.25, 0.3) is 0 Å². The monoisotopic (exact) mass is 251 g/mol. The van der Waals surface area contributed by atoms with Crippen molar-refractivity contribution < 1.29 is 14.3 Å². The average Bonchev–Trinajstić information content (AvgIpc) is 2.43. The highest BCUT2D eigenvalue weighted by atomic mass is 16.5. The van der Waals surface area contributed by atoms with Crippen LogP contribution < -0.4 is 5.32 Å². The summed E-state index contributed by atoms with van der Waals surface area (Å²) >= 11 is 0. The minimum Gasteiger partial charge on any atom is -0.469 e. The molecule has 0 aliphatic rings. The predicted octanol–water partition coefficient (Wildman–Crippen LogP) is 1.57. The zero-order valence-corrected chi connectivity index (χ0v) is 11.0. The lowest BCUT2D eigenvalue weighted by Crippen LogP contribution is -2.30. The normalized spacial score (nSPS) is 12.1. The van der Waals surface area contributed by atoms with Crippen LogP contribution in [-0.4, -0.2) is 39.4 Å². The van der Waals surface area contributed by atoms with Gasteiger partial charge in [-0.15, -0.1) is 0 Å². The first-order valence-corrected chi connectivity index (χ1v) is 6.20. The number of esters is 1. The van der Waals surface area contributed by atoms with Crippen molar-refractivity contribution in [3.8, 4) is 0 Å². The van der Waals surface area contributed by atoms with Gasteiger partial charge < -0.3 is 14.8 Å². The van der Waals surface area contributed by atoms with Crippen LogP contribution in [0.15, 0.2) is 30.3 Å². The number of carbonyl (C=O) groups is 1. The summed E-state index contributed by atoms with van der Waals surface area (Å²) in [4.78, 5) is 11.7. The van der Waals surface area contributed by atoms with Crippen LogP contribution in [0.1, 0.15) is 18.4 Å². The van der Waals surface area contributed by atoms with Gasteiger partial charge in [-0.2, -0.15) is 0 Å². The summed E-state index contributed by atoms with van der Waals surface area (Å²) < 4.78 is 10.1. The smallest absolute Gasteiger partial charge is 0.314 e. The van der Waals surface area contributed by atoms with E-state index < -0.39 is 0 Å². The Hall–Kier alpha value is -1.39. The average molecular weight is 251 g/mol. The molecule has 0 saturated heterocycles. The maximum atomic E-state index is 11.7. The molecule has 1 N–H and O–H groups in total. The van der Waals surface area contributed by atoms with E-state index in [0.717, 1.165) is 12.1 Å². The van der Waals surface area contributed by atoms with E-state index in [1.165, 1.54) is 7.11 Å². The molecule has 1 rings (SSSR count). The number of nitrogens with one attached hydrogen (secondary N) is 1. The van der Waals surface area contributed by atoms with E-state index in [9.17, 15) is 4.79 Å². The molecule has 100 valence electrons. The Bertz CT molecular complexity index is 340. The molecule has 0 aromatic heterocycles. The predicted molar refractivity (Wildman–Crippen MR) is 70.6 cm³/mol. The Morgan fingerprint density at radius 2 is 2.06 bits per heavy atom. The van der Waals surface area contributed by atoms with Crippen LogP contribution in [0.2, 0.25) is 0 Å². The molecular weight excluding hydrogens is 230 g/mol. The fourth-order valence-electron chi connectivity index (χ4n) is 1.70. The number of benzene rings is 1. The summed E-state index contributed by atoms with van der Waals surface area (Å²) in [7, 11) is 1.42. The Morgan fingerprint density at radius 1 is 1.33 bits per heavy atom. The zero-order chi connectivity index (χ0) is 13.2. The molecular formula is C14H21NO3. The number of hydrogen-bond donors (Lipinski definition) is 1. The fraction of sp³-hybridized carbons (Fsp3) is 0.500. The molecule has 1 aromatic carbocycles. The molecule has 18 heavy (non-hydrogen) atoms. The summed E-state index contributed by atoms with van der Waals surface area (Å²) in [6, 6.07) is 9.65. The van der Waals surface area contributed by atoms with Crippen LogP contribution in [0.4, 0.5) is 0 Å². The van der Waals surface area contributed by atoms with Crippen LogP contribution >= 0.6 is 0 Å². The van der Waals surface area contributed by atoms with Crippen LogP contribution in [0.3, 0.4) is 0 Å². The van der Waals surface area contributed by atoms with Crippen molar-refractivity contribution in [2.75, 3.05) is 33.4 Å². The molecule has 0 radical (unpaired) electrons. The standard InChI is InChI=1S/C14H21NO3/c1-3-18-10-9-15-11-13(14(16)17-2)12-7-5-4-6-8-12/h4-8,13,15H,3,9-11H2,1-2H3. The van der Waals surface area contributed by atoms with E-state index in [1.54, 1.807) is 0 Å². The highest BCUT2D eigenvalue weighted by Crippen LogP contribution is 2.15. The van der Waals surface area contributed by atoms with E-state index >= 15 is 0 Å². The van der Waals surface area contributed by atoms with Crippen LogP contribution in [0.5, 0.6) is 0 Å². The highest BCUT2D eigenvalue weighted by Gasteiger charge is 2.20. The Balaban J connectivity index is 2.50. The first kappa shape index (κ1) is 14.7. The van der Waals surface area contributed by atoms with Crippen molar-refractivity contribution in [1.29, 1.82) is 0 Å². The van der Waals surface area contributed by atoms with Crippen molar-refractivity contribution in [2.45, 2.75) is 12.8 Å². The summed E-state index contributed by atoms with van der Waals surface area (Å²) in [5, 5.41) is 3.21. The van der Waals surface area contributed by atoms with Gasteiger partial charge in [-0.3, -0.25) is 4.79 Å². The van der Waals surface area contributed by atoms with Gasteiger partial charge in [0.15, 0.2) is 0 Å². The Labute approximate surface area is 108 Å². The van der Waals surface area contributed by atoms with Gasteiger partial charge in [0.1, 0.15) is 0 Å². The molecule has 0 aliphatic heterocycles. The van der Waals surface area contributed by atoms with Crippen molar-refractivity contribution in [3.63, 3.8) is 0 Å². The molecule has 4 heteroatoms. The third-order valence-corrected chi connectivity index (χ3v) is 2.66. The van der Waals surface area contributed by atoms with Gasteiger partial charge in [0.05, 0.1) is 19.6 Å². The molecule has 0 saturated carbocycles. The summed E-state index contributed by atoms with van der Waals surface area (Å²) in [6.45, 7) is 4.61. The summed E-state index contributed by atoms with van der Waals surface area (Å²) in [6.07, 6.45) is 0. The number of hydrogen-bond acceptors (Lipinski definition) is 4. The van der Waals surface area contributed by atoms with Gasteiger partial charge in [-0.05, 0) is 12.5 Å². The van der Waals surface area contributed by atoms with Gasteiger partial charge in [0.25, 0.3) is 0 Å². The molecule has 0 amide bonds. The van der Waals surface area contributed by atoms with E-state index in [2.05, 4.69) is 5.32 Å². The van der Waals surface area contributed by atoms with Gasteiger partial charge in [0.2, 0.25) is 0 Å². The quantitative estimate of drug-likeness (QED) is 0.563. The lowest BCUT2D eigenvalue weighted by Gasteiger charge is -2.15. The minimum atomic E-state index is -0.266. The third kappa shape index (κ3) is 4.85. The van der Waals surface area contributed by atoms with E-state index in [0.29, 0.717) is 19.8 Å². The number of carbonyl (C=O) groups excluding carboxylic acids is 1. The molecule has 1 unspecified atom stereocenters. The maximum absolute atomic E-state index is 11.7. The topological polar surface area (TPSA) is 47.6 Å². The lowest BCUT2D eigenvalue weighted by molar-refractivity contribution is -0.142. The summed E-state index contributed by atoms with van der Waals surface area (Å²) in [5.41, 5.74) is 0.966. The first-order chi connectivity index (χ1) is 8.79. The van der Waals surface area contributed by atoms with Gasteiger partial charge in [0, 0.05) is 19.7 Å². The summed E-state index contributed by atoms with van der Waals surface area (Å²) in [5.74, 6) is -0.483. The van der Waals surface area contributed by atoms with E-state index in [-0.39, 0.29) is 11.9 Å². The van der Waals surface area contributed by atoms with Crippen LogP contribution in [-0.2, 0) is 14.3 Å². The van der Waals surface area contributed by atoms with Crippen LogP contribution in [0, 0.1) is 0 Å². The number of methoxy groups -OCH3 is 1. The molecule has 4 nitrogen and oxygen atoms in total.